The third kappa shape index (κ3) is 12.1. The second kappa shape index (κ2) is 22.3. The third-order valence-corrected chi connectivity index (χ3v) is 12.1. The summed E-state index contributed by atoms with van der Waals surface area (Å²) in [6.07, 6.45) is 10.8. The smallest absolute Gasteiger partial charge is 0.267 e. The van der Waals surface area contributed by atoms with Crippen molar-refractivity contribution < 1.29 is 53.3 Å². The van der Waals surface area contributed by atoms with Gasteiger partial charge in [-0.05, 0) is 62.5 Å². The molecule has 18 nitrogen and oxygen atoms in total. The average Bonchev–Trinajstić information content (AvgIpc) is 3.80. The van der Waals surface area contributed by atoms with Crippen LogP contribution in [0.3, 0.4) is 0 Å². The molecule has 2 aromatic carbocycles. The SMILES string of the molecule is CCCCC(C)(C)C/C=C\C=C(/N)C(=O)NCCC(=O)NCC(=O)NCC(=O)N1CCCC1C(=O)NCCNC(=O)C1CCc2c(O)c3c(c(O)c2C1)C(=O)c1cccc(OC)c1C3=O. The molecule has 0 saturated carbocycles. The molecule has 5 rings (SSSR count). The molecule has 6 amide bonds. The van der Waals surface area contributed by atoms with Gasteiger partial charge in [0, 0.05) is 55.2 Å². The number of benzene rings is 2. The summed E-state index contributed by atoms with van der Waals surface area (Å²) >= 11 is 0. The predicted molar refractivity (Wildman–Crippen MR) is 239 cm³/mol. The monoisotopic (exact) mass is 899 g/mol. The minimum absolute atomic E-state index is 0.000866. The number of nitrogens with zero attached hydrogens (tertiary/aromatic N) is 1. The fourth-order valence-corrected chi connectivity index (χ4v) is 8.39. The lowest BCUT2D eigenvalue weighted by Crippen LogP contribution is -2.50. The summed E-state index contributed by atoms with van der Waals surface area (Å²) < 4.78 is 5.29. The minimum Gasteiger partial charge on any atom is -0.507 e. The van der Waals surface area contributed by atoms with Crippen LogP contribution in [0.2, 0.25) is 0 Å². The van der Waals surface area contributed by atoms with Crippen LogP contribution in [0.25, 0.3) is 0 Å². The predicted octanol–water partition coefficient (Wildman–Crippen LogP) is 1.95. The third-order valence-electron chi connectivity index (χ3n) is 12.1. The molecule has 65 heavy (non-hydrogen) atoms. The molecular formula is C47H61N7O11. The van der Waals surface area contributed by atoms with E-state index < -0.39 is 77.7 Å². The Balaban J connectivity index is 0.995. The van der Waals surface area contributed by atoms with Crippen molar-refractivity contribution in [1.29, 1.82) is 0 Å². The van der Waals surface area contributed by atoms with Crippen LogP contribution in [0, 0.1) is 11.3 Å². The number of carbonyl (C=O) groups excluding carboxylic acids is 8. The number of nitrogens with one attached hydrogen (secondary N) is 5. The lowest BCUT2D eigenvalue weighted by atomic mass is 9.75. The number of allylic oxidation sites excluding steroid dienone is 3. The molecule has 0 aromatic heterocycles. The highest BCUT2D eigenvalue weighted by Crippen LogP contribution is 2.47. The van der Waals surface area contributed by atoms with Gasteiger partial charge < -0.3 is 52.2 Å². The van der Waals surface area contributed by atoms with E-state index in [2.05, 4.69) is 47.4 Å². The minimum atomic E-state index is -0.785. The summed E-state index contributed by atoms with van der Waals surface area (Å²) in [6, 6.07) is 3.74. The van der Waals surface area contributed by atoms with Gasteiger partial charge in [0.15, 0.2) is 5.78 Å². The highest BCUT2D eigenvalue weighted by Gasteiger charge is 2.41. The molecule has 2 aliphatic carbocycles. The van der Waals surface area contributed by atoms with E-state index in [1.165, 1.54) is 30.2 Å². The van der Waals surface area contributed by atoms with Crippen molar-refractivity contribution in [3.8, 4) is 17.2 Å². The van der Waals surface area contributed by atoms with E-state index in [-0.39, 0.29) is 95.9 Å². The number of nitrogens with two attached hydrogens (primary N) is 1. The van der Waals surface area contributed by atoms with Gasteiger partial charge in [0.1, 0.15) is 23.3 Å². The Bertz CT molecular complexity index is 2270. The normalized spacial score (nSPS) is 16.9. The van der Waals surface area contributed by atoms with Gasteiger partial charge >= 0.3 is 0 Å². The van der Waals surface area contributed by atoms with Crippen LogP contribution in [0.4, 0.5) is 0 Å². The molecule has 1 saturated heterocycles. The van der Waals surface area contributed by atoms with E-state index in [0.717, 1.165) is 25.7 Å². The van der Waals surface area contributed by atoms with E-state index in [0.29, 0.717) is 24.9 Å². The van der Waals surface area contributed by atoms with Gasteiger partial charge in [0.2, 0.25) is 35.3 Å². The first-order valence-electron chi connectivity index (χ1n) is 22.1. The molecule has 2 aromatic rings. The van der Waals surface area contributed by atoms with E-state index >= 15 is 0 Å². The summed E-state index contributed by atoms with van der Waals surface area (Å²) in [5, 5.41) is 35.5. The van der Waals surface area contributed by atoms with Crippen LogP contribution in [-0.2, 0) is 41.6 Å². The number of hydrogen-bond donors (Lipinski definition) is 8. The van der Waals surface area contributed by atoms with Crippen molar-refractivity contribution in [2.75, 3.05) is 46.4 Å². The Hall–Kier alpha value is -6.72. The van der Waals surface area contributed by atoms with Crippen molar-refractivity contribution in [3.05, 3.63) is 75.5 Å². The van der Waals surface area contributed by atoms with Crippen LogP contribution in [0.5, 0.6) is 17.2 Å². The van der Waals surface area contributed by atoms with Crippen LogP contribution in [0.1, 0.15) is 115 Å². The molecule has 1 aliphatic heterocycles. The number of amides is 6. The maximum absolute atomic E-state index is 13.5. The Morgan fingerprint density at radius 3 is 2.28 bits per heavy atom. The summed E-state index contributed by atoms with van der Waals surface area (Å²) in [7, 11) is 1.36. The van der Waals surface area contributed by atoms with Crippen molar-refractivity contribution in [1.82, 2.24) is 31.5 Å². The quantitative estimate of drug-likeness (QED) is 0.0350. The van der Waals surface area contributed by atoms with Gasteiger partial charge in [0.25, 0.3) is 5.91 Å². The summed E-state index contributed by atoms with van der Waals surface area (Å²) in [5.74, 6) is -5.53. The Morgan fingerprint density at radius 2 is 1.55 bits per heavy atom. The summed E-state index contributed by atoms with van der Waals surface area (Å²) in [6.45, 7) is 6.13. The van der Waals surface area contributed by atoms with Crippen LogP contribution >= 0.6 is 0 Å². The lowest BCUT2D eigenvalue weighted by Gasteiger charge is -2.29. The Labute approximate surface area is 378 Å². The standard InChI is InChI=1S/C47H61N7O11/c1-5-6-18-47(2,3)19-8-7-12-31(48)45(63)49-20-17-34(55)52-25-35(56)53-26-36(57)54-23-10-13-32(54)46(64)51-22-21-50-44(62)27-15-16-28-30(24-27)42(60)38-39(40(28)58)43(61)37-29(41(38)59)11-9-14-33(37)65-4/h7-9,11-12,14,27,32,58,60H,5-6,10,13,15-26,48H2,1-4H3,(H,49,63)(H,50,62)(H,51,64)(H,52,55)(H,53,56)/b8-7-,31-12-. The van der Waals surface area contributed by atoms with Crippen molar-refractivity contribution in [2.24, 2.45) is 17.1 Å². The molecule has 1 fully saturated rings. The number of phenolic OH excluding ortho intramolecular Hbond substituents is 2. The Morgan fingerprint density at radius 1 is 0.862 bits per heavy atom. The van der Waals surface area contributed by atoms with Crippen LogP contribution < -0.4 is 37.1 Å². The van der Waals surface area contributed by atoms with Crippen LogP contribution in [0.15, 0.2) is 42.1 Å². The molecule has 2 unspecified atom stereocenters. The summed E-state index contributed by atoms with van der Waals surface area (Å²) in [5.41, 5.74) is 5.96. The van der Waals surface area contributed by atoms with Gasteiger partial charge in [-0.25, -0.2) is 0 Å². The highest BCUT2D eigenvalue weighted by molar-refractivity contribution is 6.31. The number of likely N-dealkylation sites (tertiary alicyclic amines) is 1. The topological polar surface area (TPSA) is 276 Å². The maximum Gasteiger partial charge on any atom is 0.267 e. The molecular weight excluding hydrogens is 839 g/mol. The zero-order valence-electron chi connectivity index (χ0n) is 37.5. The average molecular weight is 900 g/mol. The number of ketones is 2. The van der Waals surface area contributed by atoms with E-state index in [9.17, 15) is 48.6 Å². The Kier molecular flexibility index (Phi) is 16.9. The number of hydrogen-bond acceptors (Lipinski definition) is 12. The molecule has 18 heteroatoms. The number of unbranched alkanes of at least 4 members (excludes halogenated alkanes) is 1. The molecule has 2 atom stereocenters. The molecule has 0 radical (unpaired) electrons. The molecule has 1 heterocycles. The number of aromatic hydroxyl groups is 2. The second-order valence-electron chi connectivity index (χ2n) is 17.3. The molecule has 9 N–H and O–H groups in total. The largest absolute Gasteiger partial charge is 0.507 e. The van der Waals surface area contributed by atoms with Crippen molar-refractivity contribution >= 4 is 47.0 Å². The highest BCUT2D eigenvalue weighted by atomic mass is 16.5. The van der Waals surface area contributed by atoms with Gasteiger partial charge in [-0.2, -0.15) is 0 Å². The summed E-state index contributed by atoms with van der Waals surface area (Å²) in [4.78, 5) is 105. The van der Waals surface area contributed by atoms with Gasteiger partial charge in [-0.1, -0.05) is 57.9 Å². The number of ether oxygens (including phenoxy) is 1. The molecule has 0 spiro atoms. The van der Waals surface area contributed by atoms with Crippen LogP contribution in [-0.4, -0.2) is 115 Å². The zero-order valence-corrected chi connectivity index (χ0v) is 37.5. The first-order chi connectivity index (χ1) is 31.0. The molecule has 0 bridgehead atoms. The lowest BCUT2D eigenvalue weighted by molar-refractivity contribution is -0.138. The first-order valence-corrected chi connectivity index (χ1v) is 22.1. The van der Waals surface area contributed by atoms with Gasteiger partial charge in [-0.15, -0.1) is 0 Å². The zero-order chi connectivity index (χ0) is 47.4. The fraction of sp³-hybridized carbons (Fsp3) is 0.489. The van der Waals surface area contributed by atoms with E-state index in [1.807, 2.05) is 6.08 Å². The fourth-order valence-electron chi connectivity index (χ4n) is 8.39. The van der Waals surface area contributed by atoms with Gasteiger partial charge in [0.05, 0.1) is 42.6 Å². The number of carbonyl (C=O) groups is 8. The number of methoxy groups -OCH3 is 1. The van der Waals surface area contributed by atoms with Gasteiger partial charge in [-0.3, -0.25) is 38.4 Å². The first kappa shape index (κ1) is 49.3. The number of rotatable bonds is 20. The second-order valence-corrected chi connectivity index (χ2v) is 17.3. The van der Waals surface area contributed by atoms with E-state index in [4.69, 9.17) is 10.5 Å². The number of phenols is 2. The molecule has 3 aliphatic rings. The van der Waals surface area contributed by atoms with Crippen molar-refractivity contribution in [3.63, 3.8) is 0 Å². The van der Waals surface area contributed by atoms with Crippen molar-refractivity contribution in [2.45, 2.75) is 91.0 Å². The molecule has 350 valence electrons. The number of fused-ring (bicyclic) bond motifs is 3. The maximum atomic E-state index is 13.5. The van der Waals surface area contributed by atoms with E-state index in [1.54, 1.807) is 12.1 Å².